The van der Waals surface area contributed by atoms with E-state index in [-0.39, 0.29) is 37.9 Å². The van der Waals surface area contributed by atoms with Gasteiger partial charge in [0.15, 0.2) is 0 Å². The lowest BCUT2D eigenvalue weighted by Gasteiger charge is -2.16. The number of nitrogens with zero attached hydrogens (tertiary/aromatic N) is 2. The van der Waals surface area contributed by atoms with Crippen LogP contribution in [-0.2, 0) is 31.9 Å². The maximum atomic E-state index is 12.8. The van der Waals surface area contributed by atoms with Gasteiger partial charge in [0.05, 0.1) is 23.8 Å². The van der Waals surface area contributed by atoms with Crippen molar-refractivity contribution in [1.82, 2.24) is 15.3 Å². The number of carbonyl (C=O) groups is 3. The summed E-state index contributed by atoms with van der Waals surface area (Å²) in [5.41, 5.74) is 13.8. The van der Waals surface area contributed by atoms with Crippen molar-refractivity contribution in [2.24, 2.45) is 0 Å². The second kappa shape index (κ2) is 12.5. The molecule has 0 bridgehead atoms. The highest BCUT2D eigenvalue weighted by atomic mass is 32.1. The highest BCUT2D eigenvalue weighted by molar-refractivity contribution is 7.14. The number of nitrogens with two attached hydrogens (primary N) is 2. The molecule has 2 aromatic heterocycles. The van der Waals surface area contributed by atoms with E-state index in [9.17, 15) is 14.4 Å². The van der Waals surface area contributed by atoms with Crippen LogP contribution in [0.25, 0.3) is 0 Å². The molecule has 11 heteroatoms. The van der Waals surface area contributed by atoms with E-state index in [1.165, 1.54) is 11.3 Å². The number of ether oxygens (including phenoxy) is 2. The molecule has 0 aromatic carbocycles. The number of aryl methyl sites for hydroxylation is 2. The minimum Gasteiger partial charge on any atom is -0.466 e. The second-order valence-electron chi connectivity index (χ2n) is 8.34. The first-order valence-corrected chi connectivity index (χ1v) is 12.8. The first kappa shape index (κ1) is 26.4. The van der Waals surface area contributed by atoms with Crippen molar-refractivity contribution in [3.8, 4) is 0 Å². The fourth-order valence-electron chi connectivity index (χ4n) is 4.31. The number of hydrogen-bond acceptors (Lipinski definition) is 10. The van der Waals surface area contributed by atoms with Gasteiger partial charge in [-0.05, 0) is 70.4 Å². The van der Waals surface area contributed by atoms with Crippen LogP contribution in [0.4, 0.5) is 11.8 Å². The van der Waals surface area contributed by atoms with Crippen LogP contribution in [0.2, 0.25) is 0 Å². The summed E-state index contributed by atoms with van der Waals surface area (Å²) in [5, 5.41) is 2.70. The first-order chi connectivity index (χ1) is 16.8. The van der Waals surface area contributed by atoms with Crippen molar-refractivity contribution < 1.29 is 23.9 Å². The van der Waals surface area contributed by atoms with Crippen molar-refractivity contribution in [3.05, 3.63) is 33.1 Å². The molecule has 3 rings (SSSR count). The van der Waals surface area contributed by atoms with Gasteiger partial charge in [-0.15, -0.1) is 11.3 Å². The molecule has 0 spiro atoms. The smallest absolute Gasteiger partial charge is 0.328 e. The van der Waals surface area contributed by atoms with Gasteiger partial charge in [0.1, 0.15) is 11.9 Å². The van der Waals surface area contributed by atoms with Crippen LogP contribution >= 0.6 is 11.3 Å². The Morgan fingerprint density at radius 3 is 2.69 bits per heavy atom. The molecular formula is C24H33N5O5S. The molecule has 2 aromatic rings. The summed E-state index contributed by atoms with van der Waals surface area (Å²) in [6, 6.07) is 2.77. The molecule has 2 atom stereocenters. The lowest BCUT2D eigenvalue weighted by Crippen LogP contribution is -2.42. The van der Waals surface area contributed by atoms with Crippen LogP contribution < -0.4 is 16.8 Å². The highest BCUT2D eigenvalue weighted by Gasteiger charge is 2.27. The van der Waals surface area contributed by atoms with Gasteiger partial charge < -0.3 is 26.3 Å². The van der Waals surface area contributed by atoms with Crippen LogP contribution in [0.1, 0.15) is 77.7 Å². The quantitative estimate of drug-likeness (QED) is 0.370. The standard InChI is InChI=1S/C24H33N5O5S/c1-3-33-19(30)13-11-17(23(32)34-4-2)27-22(31)18-12-9-15(35-18)7-5-6-14-8-10-16-20(14)21(25)29-24(26)28-16/h9,12,14,17H,3-8,10-11,13H2,1-2H3,(H,27,31)(H4,25,26,28,29)/t14?,17-/m0/s1. The van der Waals surface area contributed by atoms with Crippen molar-refractivity contribution in [2.45, 2.75) is 70.8 Å². The fourth-order valence-corrected chi connectivity index (χ4v) is 5.26. The van der Waals surface area contributed by atoms with E-state index >= 15 is 0 Å². The topological polar surface area (TPSA) is 160 Å². The molecule has 0 saturated carbocycles. The maximum Gasteiger partial charge on any atom is 0.328 e. The average molecular weight is 504 g/mol. The summed E-state index contributed by atoms with van der Waals surface area (Å²) in [4.78, 5) is 46.7. The van der Waals surface area contributed by atoms with Gasteiger partial charge in [-0.25, -0.2) is 9.78 Å². The molecule has 0 aliphatic heterocycles. The third kappa shape index (κ3) is 7.14. The average Bonchev–Trinajstić information content (AvgIpc) is 3.44. The zero-order valence-corrected chi connectivity index (χ0v) is 21.0. The number of amides is 1. The Morgan fingerprint density at radius 1 is 1.17 bits per heavy atom. The van der Waals surface area contributed by atoms with Gasteiger partial charge >= 0.3 is 11.9 Å². The third-order valence-corrected chi connectivity index (χ3v) is 7.03. The summed E-state index contributed by atoms with van der Waals surface area (Å²) >= 11 is 1.39. The predicted octanol–water partition coefficient (Wildman–Crippen LogP) is 2.76. The van der Waals surface area contributed by atoms with E-state index in [1.807, 2.05) is 6.07 Å². The summed E-state index contributed by atoms with van der Waals surface area (Å²) in [7, 11) is 0. The predicted molar refractivity (Wildman–Crippen MR) is 133 cm³/mol. The number of hydrogen-bond donors (Lipinski definition) is 3. The molecule has 2 heterocycles. The van der Waals surface area contributed by atoms with Gasteiger partial charge in [0.2, 0.25) is 5.95 Å². The van der Waals surface area contributed by atoms with E-state index in [0.29, 0.717) is 16.6 Å². The third-order valence-electron chi connectivity index (χ3n) is 5.89. The van der Waals surface area contributed by atoms with Crippen LogP contribution in [0.3, 0.4) is 0 Å². The summed E-state index contributed by atoms with van der Waals surface area (Å²) in [5.74, 6) is -0.338. The lowest BCUT2D eigenvalue weighted by molar-refractivity contribution is -0.146. The van der Waals surface area contributed by atoms with E-state index < -0.39 is 18.0 Å². The first-order valence-electron chi connectivity index (χ1n) is 12.0. The van der Waals surface area contributed by atoms with Gasteiger partial charge in [-0.1, -0.05) is 0 Å². The molecule has 1 aliphatic carbocycles. The minimum absolute atomic E-state index is 0.0136. The van der Waals surface area contributed by atoms with Crippen molar-refractivity contribution >= 4 is 40.9 Å². The number of esters is 2. The number of rotatable bonds is 12. The van der Waals surface area contributed by atoms with Crippen LogP contribution in [0.5, 0.6) is 0 Å². The van der Waals surface area contributed by atoms with Gasteiger partial charge in [-0.3, -0.25) is 9.59 Å². The molecule has 0 radical (unpaired) electrons. The van der Waals surface area contributed by atoms with E-state index in [1.54, 1.807) is 19.9 Å². The van der Waals surface area contributed by atoms with Gasteiger partial charge in [0.25, 0.3) is 5.91 Å². The Balaban J connectivity index is 1.53. The molecule has 35 heavy (non-hydrogen) atoms. The molecule has 1 amide bonds. The number of anilines is 2. The number of fused-ring (bicyclic) bond motifs is 1. The monoisotopic (exact) mass is 503 g/mol. The summed E-state index contributed by atoms with van der Waals surface area (Å²) < 4.78 is 9.96. The number of nitrogen functional groups attached to an aromatic ring is 2. The molecule has 0 saturated heterocycles. The van der Waals surface area contributed by atoms with Gasteiger partial charge in [-0.2, -0.15) is 4.98 Å². The van der Waals surface area contributed by atoms with Crippen molar-refractivity contribution in [2.75, 3.05) is 24.7 Å². The Kier molecular flexibility index (Phi) is 9.41. The van der Waals surface area contributed by atoms with Crippen LogP contribution in [-0.4, -0.2) is 47.1 Å². The molecule has 10 nitrogen and oxygen atoms in total. The fraction of sp³-hybridized carbons (Fsp3) is 0.542. The van der Waals surface area contributed by atoms with E-state index in [0.717, 1.165) is 48.2 Å². The Hall–Kier alpha value is -3.21. The number of aromatic nitrogens is 2. The Bertz CT molecular complexity index is 1060. The number of carbonyl (C=O) groups excluding carboxylic acids is 3. The zero-order chi connectivity index (χ0) is 25.4. The lowest BCUT2D eigenvalue weighted by atomic mass is 9.96. The summed E-state index contributed by atoms with van der Waals surface area (Å²) in [6.45, 7) is 3.85. The zero-order valence-electron chi connectivity index (χ0n) is 20.2. The van der Waals surface area contributed by atoms with Crippen molar-refractivity contribution in [1.29, 1.82) is 0 Å². The molecule has 1 unspecified atom stereocenters. The summed E-state index contributed by atoms with van der Waals surface area (Å²) in [6.07, 6.45) is 4.67. The number of thiophene rings is 1. The molecule has 0 fully saturated rings. The molecule has 5 N–H and O–H groups in total. The van der Waals surface area contributed by atoms with E-state index in [2.05, 4.69) is 15.3 Å². The van der Waals surface area contributed by atoms with Crippen LogP contribution in [0, 0.1) is 0 Å². The van der Waals surface area contributed by atoms with E-state index in [4.69, 9.17) is 20.9 Å². The second-order valence-corrected chi connectivity index (χ2v) is 9.51. The molecule has 1 aliphatic rings. The van der Waals surface area contributed by atoms with Crippen LogP contribution in [0.15, 0.2) is 12.1 Å². The Labute approximate surface area is 208 Å². The Morgan fingerprint density at radius 2 is 1.94 bits per heavy atom. The molecular weight excluding hydrogens is 470 g/mol. The SMILES string of the molecule is CCOC(=O)CC[C@H](NC(=O)c1ccc(CCCC2CCc3nc(N)nc(N)c32)s1)C(=O)OCC. The normalized spacial score (nSPS) is 15.3. The van der Waals surface area contributed by atoms with Gasteiger partial charge in [0, 0.05) is 16.9 Å². The number of nitrogens with one attached hydrogen (secondary N) is 1. The molecule has 190 valence electrons. The highest BCUT2D eigenvalue weighted by Crippen LogP contribution is 2.38. The maximum absolute atomic E-state index is 12.8. The minimum atomic E-state index is -0.915. The van der Waals surface area contributed by atoms with Crippen molar-refractivity contribution in [3.63, 3.8) is 0 Å². The largest absolute Gasteiger partial charge is 0.466 e.